The standard InChI is InChI=1S/C22H20O4S/c1-13-4-5-14(2)21-17(13)12-20(27-21)19(24)11-10-18(23)15-6-8-16(9-7-15)22(25)26-3/h4-9,12H,10-11H2,1-3H3. The Morgan fingerprint density at radius 1 is 0.852 bits per heavy atom. The van der Waals surface area contributed by atoms with E-state index in [0.717, 1.165) is 21.2 Å². The Hall–Kier alpha value is -2.79. The molecule has 0 atom stereocenters. The van der Waals surface area contributed by atoms with Crippen LogP contribution < -0.4 is 0 Å². The van der Waals surface area contributed by atoms with Crippen molar-refractivity contribution in [1.82, 2.24) is 0 Å². The molecule has 0 saturated carbocycles. The first-order valence-electron chi connectivity index (χ1n) is 8.65. The molecule has 5 heteroatoms. The van der Waals surface area contributed by atoms with E-state index in [2.05, 4.69) is 16.9 Å². The molecule has 0 aliphatic carbocycles. The highest BCUT2D eigenvalue weighted by molar-refractivity contribution is 7.21. The van der Waals surface area contributed by atoms with E-state index in [1.807, 2.05) is 19.9 Å². The summed E-state index contributed by atoms with van der Waals surface area (Å²) < 4.78 is 5.77. The molecule has 27 heavy (non-hydrogen) atoms. The van der Waals surface area contributed by atoms with E-state index in [1.165, 1.54) is 18.4 Å². The molecule has 0 radical (unpaired) electrons. The summed E-state index contributed by atoms with van der Waals surface area (Å²) in [6, 6.07) is 12.3. The lowest BCUT2D eigenvalue weighted by Crippen LogP contribution is -2.05. The maximum atomic E-state index is 12.6. The second-order valence-electron chi connectivity index (χ2n) is 6.47. The number of methoxy groups -OCH3 is 1. The molecule has 0 unspecified atom stereocenters. The third kappa shape index (κ3) is 3.98. The SMILES string of the molecule is COC(=O)c1ccc(C(=O)CCC(=O)c2cc3c(C)ccc(C)c3s2)cc1. The van der Waals surface area contributed by atoms with E-state index in [1.54, 1.807) is 24.3 Å². The zero-order chi connectivity index (χ0) is 19.6. The molecule has 0 N–H and O–H groups in total. The lowest BCUT2D eigenvalue weighted by Gasteiger charge is -2.02. The van der Waals surface area contributed by atoms with Gasteiger partial charge in [-0.25, -0.2) is 4.79 Å². The van der Waals surface area contributed by atoms with Gasteiger partial charge in [0.25, 0.3) is 0 Å². The summed E-state index contributed by atoms with van der Waals surface area (Å²) in [5.74, 6) is -0.581. The maximum Gasteiger partial charge on any atom is 0.337 e. The van der Waals surface area contributed by atoms with Gasteiger partial charge in [0.2, 0.25) is 0 Å². The van der Waals surface area contributed by atoms with Crippen molar-refractivity contribution >= 4 is 39.0 Å². The van der Waals surface area contributed by atoms with E-state index in [0.29, 0.717) is 16.0 Å². The van der Waals surface area contributed by atoms with E-state index in [4.69, 9.17) is 0 Å². The summed E-state index contributed by atoms with van der Waals surface area (Å²) in [5, 5.41) is 1.10. The predicted octanol–water partition coefficient (Wildman–Crippen LogP) is 5.15. The van der Waals surface area contributed by atoms with Crippen LogP contribution in [0.3, 0.4) is 0 Å². The van der Waals surface area contributed by atoms with Gasteiger partial charge in [0.05, 0.1) is 17.6 Å². The maximum absolute atomic E-state index is 12.6. The summed E-state index contributed by atoms with van der Waals surface area (Å²) in [4.78, 5) is 37.0. The first kappa shape index (κ1) is 19.0. The first-order valence-corrected chi connectivity index (χ1v) is 9.47. The first-order chi connectivity index (χ1) is 12.9. The minimum absolute atomic E-state index is 0.0190. The van der Waals surface area contributed by atoms with Crippen LogP contribution in [-0.4, -0.2) is 24.6 Å². The number of benzene rings is 2. The van der Waals surface area contributed by atoms with Crippen molar-refractivity contribution in [1.29, 1.82) is 0 Å². The van der Waals surface area contributed by atoms with Crippen LogP contribution in [0.2, 0.25) is 0 Å². The van der Waals surface area contributed by atoms with Crippen molar-refractivity contribution in [2.24, 2.45) is 0 Å². The summed E-state index contributed by atoms with van der Waals surface area (Å²) in [6.07, 6.45) is 0.311. The number of esters is 1. The summed E-state index contributed by atoms with van der Waals surface area (Å²) in [6.45, 7) is 4.07. The van der Waals surface area contributed by atoms with Crippen LogP contribution in [0.15, 0.2) is 42.5 Å². The number of hydrogen-bond donors (Lipinski definition) is 0. The zero-order valence-corrected chi connectivity index (χ0v) is 16.3. The molecule has 0 fully saturated rings. The molecule has 0 aliphatic heterocycles. The Morgan fingerprint density at radius 2 is 1.44 bits per heavy atom. The third-order valence-corrected chi connectivity index (χ3v) is 5.89. The van der Waals surface area contributed by atoms with Crippen molar-refractivity contribution in [3.63, 3.8) is 0 Å². The Kier molecular flexibility index (Phi) is 5.51. The Labute approximate surface area is 161 Å². The van der Waals surface area contributed by atoms with E-state index in [-0.39, 0.29) is 24.4 Å². The fourth-order valence-electron chi connectivity index (χ4n) is 2.93. The van der Waals surface area contributed by atoms with Crippen LogP contribution in [0.25, 0.3) is 10.1 Å². The van der Waals surface area contributed by atoms with Gasteiger partial charge in [0, 0.05) is 23.1 Å². The van der Waals surface area contributed by atoms with Gasteiger partial charge >= 0.3 is 5.97 Å². The molecule has 1 heterocycles. The lowest BCUT2D eigenvalue weighted by molar-refractivity contribution is 0.0600. The van der Waals surface area contributed by atoms with Crippen molar-refractivity contribution in [2.45, 2.75) is 26.7 Å². The van der Waals surface area contributed by atoms with Crippen LogP contribution in [-0.2, 0) is 4.74 Å². The quantitative estimate of drug-likeness (QED) is 0.438. The molecule has 4 nitrogen and oxygen atoms in total. The smallest absolute Gasteiger partial charge is 0.337 e. The number of thiophene rings is 1. The molecular formula is C22H20O4S. The fourth-order valence-corrected chi connectivity index (χ4v) is 4.11. The van der Waals surface area contributed by atoms with Crippen LogP contribution >= 0.6 is 11.3 Å². The number of carbonyl (C=O) groups is 3. The number of rotatable bonds is 6. The van der Waals surface area contributed by atoms with E-state index in [9.17, 15) is 14.4 Å². The molecule has 0 amide bonds. The number of ether oxygens (including phenoxy) is 1. The van der Waals surface area contributed by atoms with Gasteiger partial charge in [-0.05, 0) is 48.6 Å². The Morgan fingerprint density at radius 3 is 2.07 bits per heavy atom. The van der Waals surface area contributed by atoms with E-state index < -0.39 is 5.97 Å². The normalized spacial score (nSPS) is 10.8. The monoisotopic (exact) mass is 380 g/mol. The van der Waals surface area contributed by atoms with Crippen molar-refractivity contribution in [2.75, 3.05) is 7.11 Å². The minimum atomic E-state index is -0.445. The zero-order valence-electron chi connectivity index (χ0n) is 15.5. The predicted molar refractivity (Wildman–Crippen MR) is 107 cm³/mol. The number of hydrogen-bond acceptors (Lipinski definition) is 5. The van der Waals surface area contributed by atoms with Gasteiger partial charge in [-0.3, -0.25) is 9.59 Å². The number of carbonyl (C=O) groups excluding carboxylic acids is 3. The van der Waals surface area contributed by atoms with Gasteiger partial charge in [-0.15, -0.1) is 11.3 Å². The molecular weight excluding hydrogens is 360 g/mol. The largest absolute Gasteiger partial charge is 0.465 e. The van der Waals surface area contributed by atoms with Crippen LogP contribution in [0.4, 0.5) is 0 Å². The van der Waals surface area contributed by atoms with Gasteiger partial charge in [0.15, 0.2) is 11.6 Å². The Bertz CT molecular complexity index is 989. The third-order valence-electron chi connectivity index (χ3n) is 4.58. The second-order valence-corrected chi connectivity index (χ2v) is 7.52. The molecule has 0 saturated heterocycles. The molecule has 2 aromatic carbocycles. The van der Waals surface area contributed by atoms with Crippen LogP contribution in [0.1, 0.15) is 54.4 Å². The highest BCUT2D eigenvalue weighted by Gasteiger charge is 2.15. The number of fused-ring (bicyclic) bond motifs is 1. The van der Waals surface area contributed by atoms with Crippen LogP contribution in [0, 0.1) is 13.8 Å². The van der Waals surface area contributed by atoms with Crippen molar-refractivity contribution in [3.8, 4) is 0 Å². The van der Waals surface area contributed by atoms with Gasteiger partial charge in [0.1, 0.15) is 0 Å². The minimum Gasteiger partial charge on any atom is -0.465 e. The van der Waals surface area contributed by atoms with Gasteiger partial charge in [-0.1, -0.05) is 24.3 Å². The summed E-state index contributed by atoms with van der Waals surface area (Å²) >= 11 is 1.49. The molecule has 3 aromatic rings. The van der Waals surface area contributed by atoms with E-state index >= 15 is 0 Å². The second kappa shape index (κ2) is 7.84. The molecule has 138 valence electrons. The van der Waals surface area contributed by atoms with Crippen molar-refractivity contribution < 1.29 is 19.1 Å². The number of Topliss-reactive ketones (excluding diaryl/α,β-unsaturated/α-hetero) is 2. The van der Waals surface area contributed by atoms with Crippen molar-refractivity contribution in [3.05, 3.63) is 69.6 Å². The topological polar surface area (TPSA) is 60.4 Å². The molecule has 1 aromatic heterocycles. The number of aryl methyl sites for hydroxylation is 2. The average molecular weight is 380 g/mol. The summed E-state index contributed by atoms with van der Waals surface area (Å²) in [7, 11) is 1.31. The lowest BCUT2D eigenvalue weighted by atomic mass is 10.0. The molecule has 0 bridgehead atoms. The molecule has 3 rings (SSSR count). The summed E-state index contributed by atoms with van der Waals surface area (Å²) in [5.41, 5.74) is 3.17. The molecule has 0 spiro atoms. The van der Waals surface area contributed by atoms with Gasteiger partial charge < -0.3 is 4.74 Å². The molecule has 0 aliphatic rings. The fraction of sp³-hybridized carbons (Fsp3) is 0.227. The Balaban J connectivity index is 1.68. The highest BCUT2D eigenvalue weighted by atomic mass is 32.1. The van der Waals surface area contributed by atoms with Gasteiger partial charge in [-0.2, -0.15) is 0 Å². The highest BCUT2D eigenvalue weighted by Crippen LogP contribution is 2.31. The average Bonchev–Trinajstić information content (AvgIpc) is 3.15. The van der Waals surface area contributed by atoms with Crippen LogP contribution in [0.5, 0.6) is 0 Å². The number of ketones is 2.